The van der Waals surface area contributed by atoms with Crippen molar-refractivity contribution in [1.82, 2.24) is 5.32 Å². The minimum absolute atomic E-state index is 0.300. The Labute approximate surface area is 45.5 Å². The fourth-order valence-electron chi connectivity index (χ4n) is 0.465. The Kier molecular flexibility index (Phi) is 1.08. The molecule has 0 aromatic heterocycles. The van der Waals surface area contributed by atoms with Gasteiger partial charge >= 0.3 is 6.09 Å². The van der Waals surface area contributed by atoms with E-state index in [0.717, 1.165) is 0 Å². The number of carbonyl (C=O) groups is 1. The van der Waals surface area contributed by atoms with Gasteiger partial charge in [-0.05, 0) is 0 Å². The lowest BCUT2D eigenvalue weighted by Crippen LogP contribution is -2.23. The van der Waals surface area contributed by atoms with Crippen molar-refractivity contribution in [3.8, 4) is 0 Å². The van der Waals surface area contributed by atoms with Crippen LogP contribution in [0.5, 0.6) is 0 Å². The monoisotopic (exact) mass is 118 g/mol. The van der Waals surface area contributed by atoms with E-state index in [-0.39, 0.29) is 0 Å². The van der Waals surface area contributed by atoms with E-state index in [4.69, 9.17) is 0 Å². The summed E-state index contributed by atoms with van der Waals surface area (Å²) in [5, 5.41) is 11.5. The smallest absolute Gasteiger partial charge is 0.313 e. The maximum absolute atomic E-state index is 11.8. The molecule has 0 bridgehead atoms. The highest BCUT2D eigenvalue weighted by Gasteiger charge is 2.38. The van der Waals surface area contributed by atoms with E-state index in [1.54, 1.807) is 0 Å². The Balaban J connectivity index is 2.14. The second-order valence-corrected chi connectivity index (χ2v) is 1.79. The maximum Gasteiger partial charge on any atom is 0.450 e. The summed E-state index contributed by atoms with van der Waals surface area (Å²) in [6, 6.07) is -0.486. The largest absolute Gasteiger partial charge is 0.450 e. The summed E-state index contributed by atoms with van der Waals surface area (Å²) < 4.78 is 11.8. The predicted octanol–water partition coefficient (Wildman–Crippen LogP) is 0.237. The van der Waals surface area contributed by atoms with Crippen LogP contribution >= 0.6 is 0 Å². The van der Waals surface area contributed by atoms with Gasteiger partial charge in [-0.1, -0.05) is 0 Å². The highest BCUT2D eigenvalue weighted by Crippen LogP contribution is 2.24. The predicted molar refractivity (Wildman–Crippen MR) is 22.5 cm³/mol. The molecule has 1 aliphatic carbocycles. The number of nitrogens with one attached hydrogen (secondary N) is 1. The summed E-state index contributed by atoms with van der Waals surface area (Å²) in [5.74, 6) is 0. The Bertz CT molecular complexity index is 117. The molecule has 1 aliphatic rings. The third-order valence-electron chi connectivity index (χ3n) is 1.02. The van der Waals surface area contributed by atoms with E-state index < -0.39 is 18.3 Å². The highest BCUT2D eigenvalue weighted by molar-refractivity contribution is 5.65. The Morgan fingerprint density at radius 1 is 1.75 bits per heavy atom. The number of hydrogen-bond acceptors (Lipinski definition) is 1. The van der Waals surface area contributed by atoms with Crippen molar-refractivity contribution in [2.24, 2.45) is 0 Å². The van der Waals surface area contributed by atoms with Gasteiger partial charge < -0.3 is 5.32 Å². The molecule has 0 aromatic carbocycles. The zero-order valence-electron chi connectivity index (χ0n) is 4.06. The molecule has 0 aromatic rings. The van der Waals surface area contributed by atoms with Crippen LogP contribution in [-0.2, 0) is 5.11 Å². The summed E-state index contributed by atoms with van der Waals surface area (Å²) in [6.07, 6.45) is -2.07. The van der Waals surface area contributed by atoms with Crippen molar-refractivity contribution in [2.45, 2.75) is 18.6 Å². The zero-order valence-corrected chi connectivity index (χ0v) is 4.06. The van der Waals surface area contributed by atoms with Gasteiger partial charge in [-0.3, -0.25) is 0 Å². The molecule has 0 spiro atoms. The molecule has 0 aliphatic heterocycles. The van der Waals surface area contributed by atoms with Crippen LogP contribution in [0.3, 0.4) is 0 Å². The number of alkyl halides is 1. The van der Waals surface area contributed by atoms with Crippen molar-refractivity contribution in [2.75, 3.05) is 0 Å². The molecule has 1 amide bonds. The van der Waals surface area contributed by atoms with Gasteiger partial charge in [0.15, 0.2) is 0 Å². The van der Waals surface area contributed by atoms with Gasteiger partial charge in [-0.15, -0.1) is 0 Å². The molecular formula is C4H5FNO2. The zero-order chi connectivity index (χ0) is 6.15. The molecular weight excluding hydrogens is 113 g/mol. The van der Waals surface area contributed by atoms with Crippen molar-refractivity contribution in [3.05, 3.63) is 0 Å². The van der Waals surface area contributed by atoms with Crippen LogP contribution in [0.15, 0.2) is 0 Å². The van der Waals surface area contributed by atoms with E-state index in [1.165, 1.54) is 0 Å². The minimum Gasteiger partial charge on any atom is -0.313 e. The average molecular weight is 118 g/mol. The van der Waals surface area contributed by atoms with Crippen molar-refractivity contribution < 1.29 is 14.3 Å². The summed E-state index contributed by atoms with van der Waals surface area (Å²) in [6.45, 7) is 0. The highest BCUT2D eigenvalue weighted by atomic mass is 19.1. The number of halogens is 1. The van der Waals surface area contributed by atoms with Gasteiger partial charge in [0.2, 0.25) is 0 Å². The second kappa shape index (κ2) is 1.61. The first-order valence-corrected chi connectivity index (χ1v) is 2.31. The van der Waals surface area contributed by atoms with E-state index in [0.29, 0.717) is 6.42 Å². The van der Waals surface area contributed by atoms with Crippen LogP contribution in [-0.4, -0.2) is 18.3 Å². The fraction of sp³-hybridized carbons (Fsp3) is 0.750. The maximum atomic E-state index is 11.8. The lowest BCUT2D eigenvalue weighted by atomic mass is 10.7. The van der Waals surface area contributed by atoms with Crippen molar-refractivity contribution in [3.63, 3.8) is 0 Å². The van der Waals surface area contributed by atoms with E-state index in [9.17, 15) is 14.3 Å². The van der Waals surface area contributed by atoms with Gasteiger partial charge in [-0.25, -0.2) is 14.3 Å². The van der Waals surface area contributed by atoms with Gasteiger partial charge in [0, 0.05) is 6.42 Å². The fourth-order valence-corrected chi connectivity index (χ4v) is 0.465. The molecule has 2 atom stereocenters. The first kappa shape index (κ1) is 5.34. The van der Waals surface area contributed by atoms with Crippen LogP contribution in [0.4, 0.5) is 9.18 Å². The van der Waals surface area contributed by atoms with Crippen LogP contribution in [0.25, 0.3) is 0 Å². The first-order valence-electron chi connectivity index (χ1n) is 2.31. The first-order chi connectivity index (χ1) is 3.70. The van der Waals surface area contributed by atoms with Gasteiger partial charge in [0.05, 0.1) is 6.04 Å². The third kappa shape index (κ3) is 1.08. The van der Waals surface area contributed by atoms with Gasteiger partial charge in [0.1, 0.15) is 6.17 Å². The Hall–Kier alpha value is -0.800. The van der Waals surface area contributed by atoms with Crippen molar-refractivity contribution >= 4 is 6.09 Å². The molecule has 45 valence electrons. The summed E-state index contributed by atoms with van der Waals surface area (Å²) in [4.78, 5) is 9.61. The summed E-state index contributed by atoms with van der Waals surface area (Å²) in [5.41, 5.74) is 0. The normalized spacial score (nSPS) is 34.1. The molecule has 0 heterocycles. The molecule has 0 unspecified atom stereocenters. The second-order valence-electron chi connectivity index (χ2n) is 1.79. The topological polar surface area (TPSA) is 49.0 Å². The summed E-state index contributed by atoms with van der Waals surface area (Å²) in [7, 11) is 0. The van der Waals surface area contributed by atoms with E-state index in [2.05, 4.69) is 0 Å². The molecule has 4 heteroatoms. The average Bonchev–Trinajstić information content (AvgIpc) is 2.17. The lowest BCUT2D eigenvalue weighted by molar-refractivity contribution is 0.167. The van der Waals surface area contributed by atoms with Crippen LogP contribution in [0.2, 0.25) is 0 Å². The van der Waals surface area contributed by atoms with Crippen LogP contribution in [0.1, 0.15) is 6.42 Å². The van der Waals surface area contributed by atoms with E-state index >= 15 is 0 Å². The van der Waals surface area contributed by atoms with Crippen LogP contribution < -0.4 is 5.32 Å². The third-order valence-corrected chi connectivity index (χ3v) is 1.02. The Morgan fingerprint density at radius 2 is 2.25 bits per heavy atom. The number of amides is 1. The van der Waals surface area contributed by atoms with Crippen molar-refractivity contribution in [1.29, 1.82) is 0 Å². The molecule has 3 nitrogen and oxygen atoms in total. The minimum atomic E-state index is -1.39. The molecule has 1 saturated carbocycles. The quantitative estimate of drug-likeness (QED) is 0.526. The summed E-state index contributed by atoms with van der Waals surface area (Å²) >= 11 is 0. The molecule has 1 radical (unpaired) electrons. The van der Waals surface area contributed by atoms with E-state index in [1.807, 2.05) is 5.32 Å². The number of carbonyl (C=O) groups excluding carboxylic acids is 1. The SMILES string of the molecule is [O]C(=O)N[C@H]1C[C@@H]1F. The number of hydrogen-bond donors (Lipinski definition) is 1. The van der Waals surface area contributed by atoms with Gasteiger partial charge in [-0.2, -0.15) is 0 Å². The molecule has 1 rings (SSSR count). The Morgan fingerprint density at radius 3 is 2.38 bits per heavy atom. The molecule has 1 N–H and O–H groups in total. The molecule has 1 fully saturated rings. The standard InChI is InChI=1S/C4H5FNO2/c5-2-1-3(2)6-4(7)8/h2-3,6H,1H2/t2-,3-/m0/s1. The molecule has 0 saturated heterocycles. The molecule has 8 heavy (non-hydrogen) atoms. The number of rotatable bonds is 1. The lowest BCUT2D eigenvalue weighted by Gasteiger charge is -1.88. The van der Waals surface area contributed by atoms with Crippen LogP contribution in [0, 0.1) is 0 Å². The van der Waals surface area contributed by atoms with Gasteiger partial charge in [0.25, 0.3) is 0 Å².